The van der Waals surface area contributed by atoms with Gasteiger partial charge in [-0.05, 0) is 31.2 Å². The standard InChI is InChI=1S/C13H19ClN2O/c1-11-10-16(8-9-17-11)7-6-15-13-4-2-12(14)3-5-13/h2-5,11,15H,6-10H2,1H3. The number of nitrogens with one attached hydrogen (secondary N) is 1. The molecule has 1 heterocycles. The summed E-state index contributed by atoms with van der Waals surface area (Å²) >= 11 is 5.83. The van der Waals surface area contributed by atoms with Crippen molar-refractivity contribution in [2.45, 2.75) is 13.0 Å². The summed E-state index contributed by atoms with van der Waals surface area (Å²) in [5, 5.41) is 4.17. The summed E-state index contributed by atoms with van der Waals surface area (Å²) in [5.41, 5.74) is 1.12. The Balaban J connectivity index is 1.70. The molecule has 0 amide bonds. The normalized spacial score (nSPS) is 21.4. The molecular formula is C13H19ClN2O. The van der Waals surface area contributed by atoms with Crippen LogP contribution >= 0.6 is 11.6 Å². The van der Waals surface area contributed by atoms with Crippen molar-refractivity contribution in [2.75, 3.05) is 38.1 Å². The maximum Gasteiger partial charge on any atom is 0.0674 e. The van der Waals surface area contributed by atoms with Crippen LogP contribution < -0.4 is 5.32 Å². The molecular weight excluding hydrogens is 236 g/mol. The van der Waals surface area contributed by atoms with E-state index in [9.17, 15) is 0 Å². The Hall–Kier alpha value is -0.770. The van der Waals surface area contributed by atoms with Gasteiger partial charge in [0.15, 0.2) is 0 Å². The molecule has 1 aromatic carbocycles. The van der Waals surface area contributed by atoms with Gasteiger partial charge >= 0.3 is 0 Å². The molecule has 1 atom stereocenters. The average molecular weight is 255 g/mol. The lowest BCUT2D eigenvalue weighted by Crippen LogP contribution is -2.43. The van der Waals surface area contributed by atoms with Gasteiger partial charge in [0, 0.05) is 36.9 Å². The minimum absolute atomic E-state index is 0.360. The number of rotatable bonds is 4. The van der Waals surface area contributed by atoms with Crippen LogP contribution in [0.1, 0.15) is 6.92 Å². The van der Waals surface area contributed by atoms with Crippen LogP contribution in [0.15, 0.2) is 24.3 Å². The highest BCUT2D eigenvalue weighted by Gasteiger charge is 2.15. The molecule has 1 unspecified atom stereocenters. The fraction of sp³-hybridized carbons (Fsp3) is 0.538. The monoisotopic (exact) mass is 254 g/mol. The van der Waals surface area contributed by atoms with Crippen molar-refractivity contribution >= 4 is 17.3 Å². The lowest BCUT2D eigenvalue weighted by Gasteiger charge is -2.31. The smallest absolute Gasteiger partial charge is 0.0674 e. The van der Waals surface area contributed by atoms with Crippen LogP contribution in [0.2, 0.25) is 5.02 Å². The number of benzene rings is 1. The SMILES string of the molecule is CC1CN(CCNc2ccc(Cl)cc2)CCO1. The van der Waals surface area contributed by atoms with Crippen molar-refractivity contribution in [2.24, 2.45) is 0 Å². The second-order valence-corrected chi connectivity index (χ2v) is 4.85. The number of anilines is 1. The van der Waals surface area contributed by atoms with E-state index in [2.05, 4.69) is 17.1 Å². The van der Waals surface area contributed by atoms with Gasteiger partial charge in [-0.1, -0.05) is 11.6 Å². The number of morpholine rings is 1. The maximum atomic E-state index is 5.83. The molecule has 0 saturated carbocycles. The Morgan fingerprint density at radius 2 is 2.18 bits per heavy atom. The zero-order valence-corrected chi connectivity index (χ0v) is 10.9. The molecule has 1 aliphatic heterocycles. The van der Waals surface area contributed by atoms with Crippen LogP contribution in [-0.2, 0) is 4.74 Å². The van der Waals surface area contributed by atoms with Crippen LogP contribution in [0.5, 0.6) is 0 Å². The summed E-state index contributed by atoms with van der Waals surface area (Å²) in [6.45, 7) is 7.04. The lowest BCUT2D eigenvalue weighted by molar-refractivity contribution is -0.0166. The largest absolute Gasteiger partial charge is 0.384 e. The number of hydrogen-bond donors (Lipinski definition) is 1. The predicted molar refractivity (Wildman–Crippen MR) is 71.8 cm³/mol. The third kappa shape index (κ3) is 4.19. The molecule has 4 heteroatoms. The number of hydrogen-bond acceptors (Lipinski definition) is 3. The van der Waals surface area contributed by atoms with E-state index in [4.69, 9.17) is 16.3 Å². The Morgan fingerprint density at radius 1 is 1.41 bits per heavy atom. The minimum Gasteiger partial charge on any atom is -0.384 e. The van der Waals surface area contributed by atoms with Gasteiger partial charge in [-0.3, -0.25) is 4.90 Å². The molecule has 1 N–H and O–H groups in total. The zero-order valence-electron chi connectivity index (χ0n) is 10.2. The fourth-order valence-corrected chi connectivity index (χ4v) is 2.15. The van der Waals surface area contributed by atoms with Crippen molar-refractivity contribution in [3.8, 4) is 0 Å². The molecule has 0 aliphatic carbocycles. The molecule has 2 rings (SSSR count). The Morgan fingerprint density at radius 3 is 2.88 bits per heavy atom. The molecule has 0 bridgehead atoms. The van der Waals surface area contributed by atoms with E-state index in [1.807, 2.05) is 24.3 Å². The molecule has 1 aromatic rings. The fourth-order valence-electron chi connectivity index (χ4n) is 2.02. The van der Waals surface area contributed by atoms with Crippen LogP contribution in [0, 0.1) is 0 Å². The van der Waals surface area contributed by atoms with Gasteiger partial charge in [0.05, 0.1) is 12.7 Å². The quantitative estimate of drug-likeness (QED) is 0.894. The summed E-state index contributed by atoms with van der Waals surface area (Å²) in [6.07, 6.45) is 0.360. The zero-order chi connectivity index (χ0) is 12.1. The van der Waals surface area contributed by atoms with Crippen LogP contribution in [-0.4, -0.2) is 43.8 Å². The van der Waals surface area contributed by atoms with Gasteiger partial charge < -0.3 is 10.1 Å². The van der Waals surface area contributed by atoms with Gasteiger partial charge in [-0.25, -0.2) is 0 Å². The Kier molecular flexibility index (Phi) is 4.66. The highest BCUT2D eigenvalue weighted by atomic mass is 35.5. The van der Waals surface area contributed by atoms with E-state index in [1.165, 1.54) is 0 Å². The van der Waals surface area contributed by atoms with Crippen molar-refractivity contribution in [3.63, 3.8) is 0 Å². The molecule has 0 radical (unpaired) electrons. The minimum atomic E-state index is 0.360. The summed E-state index contributed by atoms with van der Waals surface area (Å²) in [4.78, 5) is 2.43. The van der Waals surface area contributed by atoms with Crippen molar-refractivity contribution < 1.29 is 4.74 Å². The number of nitrogens with zero attached hydrogens (tertiary/aromatic N) is 1. The summed E-state index contributed by atoms with van der Waals surface area (Å²) in [7, 11) is 0. The molecule has 1 aliphatic rings. The van der Waals surface area contributed by atoms with Crippen LogP contribution in [0.4, 0.5) is 5.69 Å². The molecule has 1 saturated heterocycles. The van der Waals surface area contributed by atoms with Crippen LogP contribution in [0.25, 0.3) is 0 Å². The first kappa shape index (κ1) is 12.7. The maximum absolute atomic E-state index is 5.83. The Labute approximate surface area is 108 Å². The summed E-state index contributed by atoms with van der Waals surface area (Å²) < 4.78 is 5.51. The van der Waals surface area contributed by atoms with Gasteiger partial charge in [-0.15, -0.1) is 0 Å². The van der Waals surface area contributed by atoms with Gasteiger partial charge in [-0.2, -0.15) is 0 Å². The highest BCUT2D eigenvalue weighted by Crippen LogP contribution is 2.13. The third-order valence-electron chi connectivity index (χ3n) is 2.93. The van der Waals surface area contributed by atoms with Crippen molar-refractivity contribution in [1.82, 2.24) is 4.90 Å². The molecule has 94 valence electrons. The topological polar surface area (TPSA) is 24.5 Å². The predicted octanol–water partition coefficient (Wildman–Crippen LogP) is 2.47. The highest BCUT2D eigenvalue weighted by molar-refractivity contribution is 6.30. The van der Waals surface area contributed by atoms with Crippen molar-refractivity contribution in [1.29, 1.82) is 0 Å². The van der Waals surface area contributed by atoms with Crippen molar-refractivity contribution in [3.05, 3.63) is 29.3 Å². The molecule has 3 nitrogen and oxygen atoms in total. The average Bonchev–Trinajstić information content (AvgIpc) is 2.32. The first-order valence-corrected chi connectivity index (χ1v) is 6.45. The van der Waals surface area contributed by atoms with Gasteiger partial charge in [0.2, 0.25) is 0 Å². The van der Waals surface area contributed by atoms with E-state index in [-0.39, 0.29) is 0 Å². The molecule has 0 spiro atoms. The number of halogens is 1. The van der Waals surface area contributed by atoms with Crippen LogP contribution in [0.3, 0.4) is 0 Å². The van der Waals surface area contributed by atoms with E-state index in [1.54, 1.807) is 0 Å². The molecule has 17 heavy (non-hydrogen) atoms. The van der Waals surface area contributed by atoms with Gasteiger partial charge in [0.1, 0.15) is 0 Å². The van der Waals surface area contributed by atoms with E-state index in [0.29, 0.717) is 6.10 Å². The second kappa shape index (κ2) is 6.24. The number of ether oxygens (including phenoxy) is 1. The summed E-state index contributed by atoms with van der Waals surface area (Å²) in [6, 6.07) is 7.82. The lowest BCUT2D eigenvalue weighted by atomic mass is 10.3. The first-order valence-electron chi connectivity index (χ1n) is 6.07. The second-order valence-electron chi connectivity index (χ2n) is 4.42. The summed E-state index contributed by atoms with van der Waals surface area (Å²) in [5.74, 6) is 0. The Bertz CT molecular complexity index is 342. The third-order valence-corrected chi connectivity index (χ3v) is 3.18. The van der Waals surface area contributed by atoms with Gasteiger partial charge in [0.25, 0.3) is 0 Å². The molecule has 0 aromatic heterocycles. The van der Waals surface area contributed by atoms with E-state index < -0.39 is 0 Å². The van der Waals surface area contributed by atoms with E-state index in [0.717, 1.165) is 43.5 Å². The first-order chi connectivity index (χ1) is 8.24. The van der Waals surface area contributed by atoms with E-state index >= 15 is 0 Å². The molecule has 1 fully saturated rings.